The fourth-order valence-electron chi connectivity index (χ4n) is 1.84. The summed E-state index contributed by atoms with van der Waals surface area (Å²) >= 11 is 7.57. The third kappa shape index (κ3) is 4.08. The molecule has 1 atom stereocenters. The second kappa shape index (κ2) is 6.20. The van der Waals surface area contributed by atoms with Crippen LogP contribution in [0.25, 0.3) is 0 Å². The summed E-state index contributed by atoms with van der Waals surface area (Å²) in [4.78, 5) is 10.3. The Labute approximate surface area is 135 Å². The molecule has 0 aliphatic carbocycles. The Morgan fingerprint density at radius 2 is 1.86 bits per heavy atom. The first-order valence-corrected chi connectivity index (χ1v) is 8.08. The normalized spacial score (nSPS) is 13.0. The maximum absolute atomic E-state index is 6.00. The van der Waals surface area contributed by atoms with E-state index in [-0.39, 0.29) is 11.5 Å². The SMILES string of the molecule is CNc1cc(NC(C)c2ccc(Cl)s2)nc(C(C)(C)C)n1. The Kier molecular flexibility index (Phi) is 4.74. The lowest BCUT2D eigenvalue weighted by atomic mass is 9.96. The monoisotopic (exact) mass is 324 g/mol. The van der Waals surface area contributed by atoms with Crippen molar-refractivity contribution in [3.8, 4) is 0 Å². The first-order valence-electron chi connectivity index (χ1n) is 6.88. The zero-order valence-corrected chi connectivity index (χ0v) is 14.6. The molecule has 0 fully saturated rings. The Morgan fingerprint density at radius 1 is 1.19 bits per heavy atom. The smallest absolute Gasteiger partial charge is 0.138 e. The predicted octanol–water partition coefficient (Wildman–Crippen LogP) is 4.70. The molecule has 0 aliphatic rings. The van der Waals surface area contributed by atoms with Crippen molar-refractivity contribution in [1.29, 1.82) is 0 Å². The molecule has 2 rings (SSSR count). The maximum Gasteiger partial charge on any atom is 0.138 e. The topological polar surface area (TPSA) is 49.8 Å². The van der Waals surface area contributed by atoms with Crippen molar-refractivity contribution in [3.05, 3.63) is 33.2 Å². The summed E-state index contributed by atoms with van der Waals surface area (Å²) in [7, 11) is 1.86. The van der Waals surface area contributed by atoms with Gasteiger partial charge in [-0.05, 0) is 19.1 Å². The van der Waals surface area contributed by atoms with E-state index in [1.54, 1.807) is 11.3 Å². The van der Waals surface area contributed by atoms with Crippen molar-refractivity contribution in [3.63, 3.8) is 0 Å². The number of nitrogens with zero attached hydrogens (tertiary/aromatic N) is 2. The van der Waals surface area contributed by atoms with E-state index in [1.807, 2.05) is 25.2 Å². The van der Waals surface area contributed by atoms with Gasteiger partial charge >= 0.3 is 0 Å². The van der Waals surface area contributed by atoms with Crippen LogP contribution in [0.4, 0.5) is 11.6 Å². The van der Waals surface area contributed by atoms with Crippen LogP contribution in [-0.4, -0.2) is 17.0 Å². The summed E-state index contributed by atoms with van der Waals surface area (Å²) in [6.07, 6.45) is 0. The second-order valence-electron chi connectivity index (χ2n) is 5.97. The van der Waals surface area contributed by atoms with Crippen molar-refractivity contribution < 1.29 is 0 Å². The van der Waals surface area contributed by atoms with Crippen LogP contribution in [0.15, 0.2) is 18.2 Å². The molecular formula is C15H21ClN4S. The summed E-state index contributed by atoms with van der Waals surface area (Å²) in [5.74, 6) is 2.44. The lowest BCUT2D eigenvalue weighted by Gasteiger charge is -2.20. The molecule has 6 heteroatoms. The van der Waals surface area contributed by atoms with Crippen molar-refractivity contribution in [2.75, 3.05) is 17.7 Å². The van der Waals surface area contributed by atoms with E-state index in [9.17, 15) is 0 Å². The highest BCUT2D eigenvalue weighted by molar-refractivity contribution is 7.16. The van der Waals surface area contributed by atoms with Crippen LogP contribution < -0.4 is 10.6 Å². The van der Waals surface area contributed by atoms with Crippen LogP contribution in [0.2, 0.25) is 4.34 Å². The van der Waals surface area contributed by atoms with E-state index in [0.29, 0.717) is 0 Å². The number of halogens is 1. The van der Waals surface area contributed by atoms with Crippen molar-refractivity contribution in [2.24, 2.45) is 0 Å². The summed E-state index contributed by atoms with van der Waals surface area (Å²) < 4.78 is 0.799. The van der Waals surface area contributed by atoms with Gasteiger partial charge in [0.1, 0.15) is 17.5 Å². The molecule has 0 bridgehead atoms. The summed E-state index contributed by atoms with van der Waals surface area (Å²) in [6.45, 7) is 8.41. The van der Waals surface area contributed by atoms with E-state index >= 15 is 0 Å². The summed E-state index contributed by atoms with van der Waals surface area (Å²) in [6, 6.07) is 6.02. The molecule has 21 heavy (non-hydrogen) atoms. The van der Waals surface area contributed by atoms with Crippen LogP contribution in [0.1, 0.15) is 44.4 Å². The standard InChI is InChI=1S/C15H21ClN4S/c1-9(10-6-7-11(16)21-10)18-13-8-12(17-5)19-14(20-13)15(2,3)4/h6-9H,1-5H3,(H2,17,18,19,20). The quantitative estimate of drug-likeness (QED) is 0.855. The Balaban J connectivity index is 2.27. The highest BCUT2D eigenvalue weighted by Crippen LogP contribution is 2.29. The fourth-order valence-corrected chi connectivity index (χ4v) is 2.90. The van der Waals surface area contributed by atoms with Gasteiger partial charge < -0.3 is 10.6 Å². The van der Waals surface area contributed by atoms with Gasteiger partial charge in [-0.25, -0.2) is 9.97 Å². The third-order valence-corrected chi connectivity index (χ3v) is 4.45. The maximum atomic E-state index is 6.00. The number of nitrogens with one attached hydrogen (secondary N) is 2. The minimum absolute atomic E-state index is 0.0984. The molecule has 0 aromatic carbocycles. The van der Waals surface area contributed by atoms with Crippen LogP contribution >= 0.6 is 22.9 Å². The van der Waals surface area contributed by atoms with Crippen molar-refractivity contribution >= 4 is 34.6 Å². The number of anilines is 2. The molecule has 0 saturated carbocycles. The van der Waals surface area contributed by atoms with Gasteiger partial charge in [0.2, 0.25) is 0 Å². The highest BCUT2D eigenvalue weighted by atomic mass is 35.5. The van der Waals surface area contributed by atoms with Crippen LogP contribution in [-0.2, 0) is 5.41 Å². The molecule has 0 radical (unpaired) electrons. The molecule has 114 valence electrons. The van der Waals surface area contributed by atoms with Gasteiger partial charge in [-0.2, -0.15) is 0 Å². The highest BCUT2D eigenvalue weighted by Gasteiger charge is 2.19. The van der Waals surface area contributed by atoms with Gasteiger partial charge in [-0.15, -0.1) is 11.3 Å². The van der Waals surface area contributed by atoms with Gasteiger partial charge in [0, 0.05) is 23.4 Å². The Bertz CT molecular complexity index is 618. The molecule has 2 N–H and O–H groups in total. The van der Waals surface area contributed by atoms with Gasteiger partial charge in [0.15, 0.2) is 0 Å². The minimum atomic E-state index is -0.0984. The number of thiophene rings is 1. The van der Waals surface area contributed by atoms with E-state index < -0.39 is 0 Å². The molecule has 2 aromatic heterocycles. The zero-order valence-electron chi connectivity index (χ0n) is 13.0. The Morgan fingerprint density at radius 3 is 2.38 bits per heavy atom. The zero-order chi connectivity index (χ0) is 15.6. The van der Waals surface area contributed by atoms with Crippen molar-refractivity contribution in [1.82, 2.24) is 9.97 Å². The predicted molar refractivity (Wildman–Crippen MR) is 91.6 cm³/mol. The molecule has 0 aliphatic heterocycles. The Hall–Kier alpha value is -1.33. The largest absolute Gasteiger partial charge is 0.373 e. The van der Waals surface area contributed by atoms with E-state index in [4.69, 9.17) is 11.6 Å². The van der Waals surface area contributed by atoms with E-state index in [0.717, 1.165) is 21.8 Å². The molecule has 0 spiro atoms. The van der Waals surface area contributed by atoms with Gasteiger partial charge in [-0.1, -0.05) is 32.4 Å². The molecular weight excluding hydrogens is 304 g/mol. The average Bonchev–Trinajstić information content (AvgIpc) is 2.84. The summed E-state index contributed by atoms with van der Waals surface area (Å²) in [5.41, 5.74) is -0.0984. The van der Waals surface area contributed by atoms with Gasteiger partial charge in [0.25, 0.3) is 0 Å². The fraction of sp³-hybridized carbons (Fsp3) is 0.467. The first kappa shape index (κ1) is 16.0. The van der Waals surface area contributed by atoms with E-state index in [2.05, 4.69) is 48.3 Å². The third-order valence-electron chi connectivity index (χ3n) is 3.04. The molecule has 2 aromatic rings. The van der Waals surface area contributed by atoms with Crippen molar-refractivity contribution in [2.45, 2.75) is 39.2 Å². The molecule has 2 heterocycles. The minimum Gasteiger partial charge on any atom is -0.373 e. The lowest BCUT2D eigenvalue weighted by molar-refractivity contribution is 0.546. The number of hydrogen-bond acceptors (Lipinski definition) is 5. The van der Waals surface area contributed by atoms with Crippen LogP contribution in [0, 0.1) is 0 Å². The summed E-state index contributed by atoms with van der Waals surface area (Å²) in [5, 5.41) is 6.51. The number of aromatic nitrogens is 2. The molecule has 1 unspecified atom stereocenters. The van der Waals surface area contributed by atoms with Crippen LogP contribution in [0.5, 0.6) is 0 Å². The second-order valence-corrected chi connectivity index (χ2v) is 7.72. The van der Waals surface area contributed by atoms with Gasteiger partial charge in [-0.3, -0.25) is 0 Å². The first-order chi connectivity index (χ1) is 9.79. The van der Waals surface area contributed by atoms with E-state index in [1.165, 1.54) is 4.88 Å². The van der Waals surface area contributed by atoms with Gasteiger partial charge in [0.05, 0.1) is 10.4 Å². The molecule has 0 saturated heterocycles. The molecule has 0 amide bonds. The molecule has 4 nitrogen and oxygen atoms in total. The van der Waals surface area contributed by atoms with Crippen LogP contribution in [0.3, 0.4) is 0 Å². The number of hydrogen-bond donors (Lipinski definition) is 2. The average molecular weight is 325 g/mol. The lowest BCUT2D eigenvalue weighted by Crippen LogP contribution is -2.18. The number of rotatable bonds is 4.